The van der Waals surface area contributed by atoms with Crippen molar-refractivity contribution >= 4 is 33.7 Å². The minimum absolute atomic E-state index is 0.323. The molecule has 2 heteroatoms. The van der Waals surface area contributed by atoms with Crippen LogP contribution in [-0.4, -0.2) is 33.7 Å². The van der Waals surface area contributed by atoms with E-state index in [1.807, 2.05) is 6.08 Å². The molecule has 0 amide bonds. The fraction of sp³-hybridized carbons (Fsp3) is 0.500. The molecule has 0 aromatic heterocycles. The van der Waals surface area contributed by atoms with Gasteiger partial charge in [0.05, 0.1) is 0 Å². The van der Waals surface area contributed by atoms with Crippen molar-refractivity contribution in [1.82, 2.24) is 0 Å². The summed E-state index contributed by atoms with van der Waals surface area (Å²) in [5, 5.41) is 0. The third-order valence-corrected chi connectivity index (χ3v) is 2.52. The molecular weight excluding hydrogens is 111 g/mol. The molecule has 0 N–H and O–H groups in total. The molecule has 0 radical (unpaired) electrons. The molecule has 0 bridgehead atoms. The first kappa shape index (κ1) is 6.53. The molecule has 1 atom stereocenters. The van der Waals surface area contributed by atoms with Crippen LogP contribution >= 0.6 is 0 Å². The second-order valence-electron chi connectivity index (χ2n) is 2.22. The third kappa shape index (κ3) is 1.44. The average molecular weight is 118 g/mol. The molecular formula is C6H7NaO. The Balaban J connectivity index is 2.60. The Hall–Kier alpha value is 0.410. The summed E-state index contributed by atoms with van der Waals surface area (Å²) in [6, 6.07) is 0. The van der Waals surface area contributed by atoms with E-state index < -0.39 is 0 Å². The van der Waals surface area contributed by atoms with Crippen molar-refractivity contribution in [3.63, 3.8) is 0 Å². The van der Waals surface area contributed by atoms with Crippen LogP contribution in [0.25, 0.3) is 0 Å². The molecule has 38 valence electrons. The van der Waals surface area contributed by atoms with Crippen molar-refractivity contribution in [3.8, 4) is 0 Å². The van der Waals surface area contributed by atoms with Crippen LogP contribution in [0.4, 0.5) is 0 Å². The van der Waals surface area contributed by atoms with Gasteiger partial charge in [-0.2, -0.15) is 0 Å². The Bertz CT molecular complexity index is 128. The van der Waals surface area contributed by atoms with E-state index in [2.05, 4.69) is 6.08 Å². The quantitative estimate of drug-likeness (QED) is 0.340. The second-order valence-corrected chi connectivity index (χ2v) is 3.47. The molecule has 0 aromatic carbocycles. The molecule has 0 fully saturated rings. The molecule has 1 nitrogen and oxygen atoms in total. The van der Waals surface area contributed by atoms with Gasteiger partial charge in [0, 0.05) is 0 Å². The van der Waals surface area contributed by atoms with Crippen molar-refractivity contribution in [2.24, 2.45) is 0 Å². The van der Waals surface area contributed by atoms with Crippen LogP contribution in [0.3, 0.4) is 0 Å². The first-order chi connectivity index (χ1) is 3.80. The summed E-state index contributed by atoms with van der Waals surface area (Å²) in [5.41, 5.74) is 0. The van der Waals surface area contributed by atoms with E-state index in [0.29, 0.717) is 8.95 Å². The van der Waals surface area contributed by atoms with E-state index in [1.54, 1.807) is 0 Å². The molecule has 0 heterocycles. The molecule has 0 saturated heterocycles. The third-order valence-electron chi connectivity index (χ3n) is 1.49. The van der Waals surface area contributed by atoms with E-state index in [0.717, 1.165) is 40.8 Å². The van der Waals surface area contributed by atoms with Gasteiger partial charge >= 0.3 is 66.7 Å². The number of rotatable bonds is 0. The number of carbonyl (C=O) groups excluding carboxylic acids is 1. The van der Waals surface area contributed by atoms with Crippen molar-refractivity contribution in [2.45, 2.75) is 16.0 Å². The zero-order chi connectivity index (χ0) is 5.98. The van der Waals surface area contributed by atoms with Crippen LogP contribution in [0, 0.1) is 0 Å². The summed E-state index contributed by atoms with van der Waals surface area (Å²) in [6.07, 6.45) is 5.90. The second kappa shape index (κ2) is 2.81. The molecule has 8 heavy (non-hydrogen) atoms. The SMILES string of the molecule is O=C1CCC=C[CH]1[Na]. The zero-order valence-corrected chi connectivity index (χ0v) is 7.05. The Morgan fingerprint density at radius 3 is 2.88 bits per heavy atom. The Kier molecular flexibility index (Phi) is 2.29. The summed E-state index contributed by atoms with van der Waals surface area (Å²) in [7, 11) is 0. The number of hydrogen-bond acceptors (Lipinski definition) is 1. The molecule has 1 rings (SSSR count). The van der Waals surface area contributed by atoms with E-state index in [1.165, 1.54) is 0 Å². The number of hydrogen-bond donors (Lipinski definition) is 0. The number of carbonyl (C=O) groups is 1. The van der Waals surface area contributed by atoms with Gasteiger partial charge in [-0.1, -0.05) is 0 Å². The van der Waals surface area contributed by atoms with Gasteiger partial charge in [-0.15, -0.1) is 0 Å². The molecule has 1 aliphatic carbocycles. The van der Waals surface area contributed by atoms with Crippen LogP contribution in [0.2, 0.25) is 3.17 Å². The van der Waals surface area contributed by atoms with Crippen LogP contribution in [0.15, 0.2) is 12.2 Å². The van der Waals surface area contributed by atoms with Gasteiger partial charge in [-0.25, -0.2) is 0 Å². The van der Waals surface area contributed by atoms with Gasteiger partial charge in [0.2, 0.25) is 0 Å². The number of allylic oxidation sites excluding steroid dienone is 2. The number of Topliss-reactive ketones (excluding diaryl/α,β-unsaturated/α-hetero) is 1. The predicted octanol–water partition coefficient (Wildman–Crippen LogP) is 0.862. The predicted molar refractivity (Wildman–Crippen MR) is 32.9 cm³/mol. The normalized spacial score (nSPS) is 28.8. The maximum absolute atomic E-state index is 10.8. The molecule has 1 aliphatic rings. The van der Waals surface area contributed by atoms with Gasteiger partial charge in [-0.3, -0.25) is 0 Å². The minimum atomic E-state index is 0.323. The fourth-order valence-electron chi connectivity index (χ4n) is 0.861. The zero-order valence-electron chi connectivity index (χ0n) is 5.05. The molecule has 0 aliphatic heterocycles. The fourth-order valence-corrected chi connectivity index (χ4v) is 1.42. The van der Waals surface area contributed by atoms with Crippen molar-refractivity contribution < 1.29 is 4.79 Å². The van der Waals surface area contributed by atoms with Crippen molar-refractivity contribution in [3.05, 3.63) is 12.2 Å². The van der Waals surface area contributed by atoms with Gasteiger partial charge < -0.3 is 0 Å². The average Bonchev–Trinajstić information content (AvgIpc) is 1.77. The van der Waals surface area contributed by atoms with Crippen LogP contribution < -0.4 is 0 Å². The molecule has 0 spiro atoms. The summed E-state index contributed by atoms with van der Waals surface area (Å²) in [4.78, 5) is 10.8. The number of ketones is 1. The standard InChI is InChI=1S/C6H7O.Na/c7-6-4-2-1-3-5-6;/h1-2,4H,3,5H2;. The first-order valence-corrected chi connectivity index (χ1v) is 4.15. The van der Waals surface area contributed by atoms with E-state index in [4.69, 9.17) is 0 Å². The van der Waals surface area contributed by atoms with Crippen LogP contribution in [0.5, 0.6) is 0 Å². The first-order valence-electron chi connectivity index (χ1n) is 3.00. The van der Waals surface area contributed by atoms with Crippen molar-refractivity contribution in [2.75, 3.05) is 0 Å². The van der Waals surface area contributed by atoms with Gasteiger partial charge in [-0.05, 0) is 0 Å². The van der Waals surface area contributed by atoms with Gasteiger partial charge in [0.1, 0.15) is 0 Å². The summed E-state index contributed by atoms with van der Waals surface area (Å²) >= 11 is 0.998. The summed E-state index contributed by atoms with van der Waals surface area (Å²) in [6.45, 7) is 0. The van der Waals surface area contributed by atoms with Crippen LogP contribution in [-0.2, 0) is 4.79 Å². The molecule has 0 saturated carbocycles. The summed E-state index contributed by atoms with van der Waals surface area (Å²) in [5.74, 6) is 0.444. The van der Waals surface area contributed by atoms with E-state index >= 15 is 0 Å². The Morgan fingerprint density at radius 1 is 1.75 bits per heavy atom. The van der Waals surface area contributed by atoms with E-state index in [-0.39, 0.29) is 0 Å². The van der Waals surface area contributed by atoms with Crippen LogP contribution in [0.1, 0.15) is 12.8 Å². The monoisotopic (exact) mass is 118 g/mol. The Morgan fingerprint density at radius 2 is 2.50 bits per heavy atom. The summed E-state index contributed by atoms with van der Waals surface area (Å²) < 4.78 is 0.323. The molecule has 0 aromatic rings. The Labute approximate surface area is 66.6 Å². The van der Waals surface area contributed by atoms with Crippen molar-refractivity contribution in [1.29, 1.82) is 0 Å². The molecule has 1 unspecified atom stereocenters. The maximum atomic E-state index is 10.8. The topological polar surface area (TPSA) is 17.1 Å². The van der Waals surface area contributed by atoms with Gasteiger partial charge in [0.25, 0.3) is 0 Å². The van der Waals surface area contributed by atoms with E-state index in [9.17, 15) is 4.79 Å². The van der Waals surface area contributed by atoms with Gasteiger partial charge in [0.15, 0.2) is 0 Å².